The highest BCUT2D eigenvalue weighted by molar-refractivity contribution is 6.28. The number of rotatable bonds is 6. The summed E-state index contributed by atoms with van der Waals surface area (Å²) in [6.45, 7) is -0.391. The number of anilines is 1. The van der Waals surface area contributed by atoms with Gasteiger partial charge in [-0.25, -0.2) is 9.69 Å². The molecule has 0 fully saturated rings. The van der Waals surface area contributed by atoms with Gasteiger partial charge in [0.1, 0.15) is 0 Å². The zero-order valence-electron chi connectivity index (χ0n) is 16.4. The second kappa shape index (κ2) is 8.59. The van der Waals surface area contributed by atoms with Crippen molar-refractivity contribution in [2.45, 2.75) is 0 Å². The molecule has 1 aliphatic heterocycles. The largest absolute Gasteiger partial charge is 0.454 e. The van der Waals surface area contributed by atoms with E-state index >= 15 is 0 Å². The van der Waals surface area contributed by atoms with Crippen molar-refractivity contribution in [3.8, 4) is 11.1 Å². The van der Waals surface area contributed by atoms with Gasteiger partial charge in [0.2, 0.25) is 0 Å². The molecule has 4 rings (SSSR count). The van der Waals surface area contributed by atoms with E-state index in [-0.39, 0.29) is 11.3 Å². The maximum atomic E-state index is 12.4. The first-order valence-corrected chi connectivity index (χ1v) is 9.55. The van der Waals surface area contributed by atoms with E-state index in [9.17, 15) is 19.2 Å². The highest BCUT2D eigenvalue weighted by Crippen LogP contribution is 2.21. The van der Waals surface area contributed by atoms with Crippen LogP contribution in [0.3, 0.4) is 0 Å². The molecule has 152 valence electrons. The van der Waals surface area contributed by atoms with Gasteiger partial charge in [-0.15, -0.1) is 0 Å². The lowest BCUT2D eigenvalue weighted by molar-refractivity contribution is -0.119. The van der Waals surface area contributed by atoms with E-state index in [4.69, 9.17) is 4.74 Å². The van der Waals surface area contributed by atoms with Crippen LogP contribution in [0.5, 0.6) is 0 Å². The molecule has 0 spiro atoms. The van der Waals surface area contributed by atoms with Crippen molar-refractivity contribution >= 4 is 29.3 Å². The summed E-state index contributed by atoms with van der Waals surface area (Å²) in [5.74, 6) is -1.87. The smallest absolute Gasteiger partial charge is 0.338 e. The minimum Gasteiger partial charge on any atom is -0.454 e. The first-order chi connectivity index (χ1) is 15.0. The Morgan fingerprint density at radius 1 is 0.677 bits per heavy atom. The van der Waals surface area contributed by atoms with Gasteiger partial charge < -0.3 is 4.74 Å². The highest BCUT2D eigenvalue weighted by atomic mass is 16.5. The fourth-order valence-corrected chi connectivity index (χ4v) is 3.18. The number of carbonyl (C=O) groups is 4. The molecule has 6 nitrogen and oxygen atoms in total. The summed E-state index contributed by atoms with van der Waals surface area (Å²) in [4.78, 5) is 49.0. The average molecular weight is 411 g/mol. The quantitative estimate of drug-likeness (QED) is 0.350. The third-order valence-corrected chi connectivity index (χ3v) is 4.82. The highest BCUT2D eigenvalue weighted by Gasteiger charge is 2.25. The van der Waals surface area contributed by atoms with Gasteiger partial charge in [-0.2, -0.15) is 0 Å². The van der Waals surface area contributed by atoms with Crippen LogP contribution in [-0.2, 0) is 14.3 Å². The standard InChI is InChI=1S/C25H17NO5/c27-22(19-8-6-18(7-9-19)17-4-2-1-3-5-17)16-31-25(30)20-10-12-21(13-11-20)26-23(28)14-15-24(26)29/h1-15H,16H2. The Kier molecular flexibility index (Phi) is 5.53. The Morgan fingerprint density at radius 2 is 1.23 bits per heavy atom. The van der Waals surface area contributed by atoms with Crippen LogP contribution in [0.2, 0.25) is 0 Å². The molecular weight excluding hydrogens is 394 g/mol. The summed E-state index contributed by atoms with van der Waals surface area (Å²) >= 11 is 0. The van der Waals surface area contributed by atoms with E-state index in [1.165, 1.54) is 36.4 Å². The normalized spacial score (nSPS) is 12.8. The molecule has 31 heavy (non-hydrogen) atoms. The summed E-state index contributed by atoms with van der Waals surface area (Å²) in [5.41, 5.74) is 3.04. The predicted molar refractivity (Wildman–Crippen MR) is 115 cm³/mol. The van der Waals surface area contributed by atoms with Crippen LogP contribution in [0.15, 0.2) is 91.0 Å². The van der Waals surface area contributed by atoms with Gasteiger partial charge in [0.15, 0.2) is 12.4 Å². The molecule has 0 bridgehead atoms. The average Bonchev–Trinajstić information content (AvgIpc) is 3.16. The van der Waals surface area contributed by atoms with Crippen molar-refractivity contribution in [3.05, 3.63) is 102 Å². The second-order valence-corrected chi connectivity index (χ2v) is 6.83. The van der Waals surface area contributed by atoms with E-state index in [2.05, 4.69) is 0 Å². The number of carbonyl (C=O) groups excluding carboxylic acids is 4. The predicted octanol–water partition coefficient (Wildman–Crippen LogP) is 3.82. The molecule has 1 heterocycles. The number of hydrogen-bond acceptors (Lipinski definition) is 5. The van der Waals surface area contributed by atoms with Gasteiger partial charge in [0.25, 0.3) is 11.8 Å². The van der Waals surface area contributed by atoms with Gasteiger partial charge in [0, 0.05) is 17.7 Å². The Labute approximate surface area is 178 Å². The zero-order valence-corrected chi connectivity index (χ0v) is 16.4. The number of nitrogens with zero attached hydrogens (tertiary/aromatic N) is 1. The van der Waals surface area contributed by atoms with Crippen molar-refractivity contribution in [2.75, 3.05) is 11.5 Å². The molecule has 0 saturated carbocycles. The lowest BCUT2D eigenvalue weighted by Gasteiger charge is -2.14. The maximum Gasteiger partial charge on any atom is 0.338 e. The van der Waals surface area contributed by atoms with Gasteiger partial charge in [-0.05, 0) is 35.4 Å². The van der Waals surface area contributed by atoms with Gasteiger partial charge >= 0.3 is 5.97 Å². The van der Waals surface area contributed by atoms with E-state index in [0.717, 1.165) is 16.0 Å². The van der Waals surface area contributed by atoms with E-state index in [1.54, 1.807) is 12.1 Å². The Hall–Kier alpha value is -4.32. The van der Waals surface area contributed by atoms with Crippen LogP contribution >= 0.6 is 0 Å². The molecule has 0 radical (unpaired) electrons. The number of Topliss-reactive ketones (excluding diaryl/α,β-unsaturated/α-hetero) is 1. The Morgan fingerprint density at radius 3 is 1.84 bits per heavy atom. The van der Waals surface area contributed by atoms with E-state index < -0.39 is 24.4 Å². The summed E-state index contributed by atoms with van der Waals surface area (Å²) in [6, 6.07) is 22.7. The van der Waals surface area contributed by atoms with Crippen molar-refractivity contribution in [3.63, 3.8) is 0 Å². The number of esters is 1. The summed E-state index contributed by atoms with van der Waals surface area (Å²) in [7, 11) is 0. The molecule has 2 amide bonds. The van der Waals surface area contributed by atoms with Crippen molar-refractivity contribution < 1.29 is 23.9 Å². The summed E-state index contributed by atoms with van der Waals surface area (Å²) in [5, 5.41) is 0. The number of benzene rings is 3. The fraction of sp³-hybridized carbons (Fsp3) is 0.0400. The van der Waals surface area contributed by atoms with Crippen LogP contribution < -0.4 is 4.90 Å². The Balaban J connectivity index is 1.35. The van der Waals surface area contributed by atoms with Crippen molar-refractivity contribution in [1.29, 1.82) is 0 Å². The Bertz CT molecular complexity index is 1160. The second-order valence-electron chi connectivity index (χ2n) is 6.83. The molecule has 0 aliphatic carbocycles. The molecule has 1 aliphatic rings. The SMILES string of the molecule is O=C(COC(=O)c1ccc(N2C(=O)C=CC2=O)cc1)c1ccc(-c2ccccc2)cc1. The number of ketones is 1. The van der Waals surface area contributed by atoms with Crippen LogP contribution in [0.4, 0.5) is 5.69 Å². The van der Waals surface area contributed by atoms with Crippen LogP contribution in [0.1, 0.15) is 20.7 Å². The maximum absolute atomic E-state index is 12.4. The van der Waals surface area contributed by atoms with E-state index in [1.807, 2.05) is 42.5 Å². The molecule has 3 aromatic carbocycles. The monoisotopic (exact) mass is 411 g/mol. The van der Waals surface area contributed by atoms with Crippen LogP contribution in [0, 0.1) is 0 Å². The van der Waals surface area contributed by atoms with Crippen molar-refractivity contribution in [2.24, 2.45) is 0 Å². The molecule has 0 unspecified atom stereocenters. The molecule has 0 atom stereocenters. The molecular formula is C25H17NO5. The lowest BCUT2D eigenvalue weighted by atomic mass is 10.0. The fourth-order valence-electron chi connectivity index (χ4n) is 3.18. The van der Waals surface area contributed by atoms with Gasteiger partial charge in [0.05, 0.1) is 11.3 Å². The van der Waals surface area contributed by atoms with Crippen molar-refractivity contribution in [1.82, 2.24) is 0 Å². The first-order valence-electron chi connectivity index (χ1n) is 9.55. The minimum absolute atomic E-state index is 0.211. The molecule has 0 aromatic heterocycles. The molecule has 0 saturated heterocycles. The number of imide groups is 1. The third-order valence-electron chi connectivity index (χ3n) is 4.82. The number of amides is 2. The topological polar surface area (TPSA) is 80.8 Å². The van der Waals surface area contributed by atoms with Crippen LogP contribution in [0.25, 0.3) is 11.1 Å². The third kappa shape index (κ3) is 4.33. The first kappa shape index (κ1) is 20.0. The summed E-state index contributed by atoms with van der Waals surface area (Å²) in [6.07, 6.45) is 2.37. The van der Waals surface area contributed by atoms with Gasteiger partial charge in [-0.1, -0.05) is 54.6 Å². The molecule has 3 aromatic rings. The zero-order chi connectivity index (χ0) is 21.8. The lowest BCUT2D eigenvalue weighted by Crippen LogP contribution is -2.29. The van der Waals surface area contributed by atoms with Gasteiger partial charge in [-0.3, -0.25) is 14.4 Å². The number of hydrogen-bond donors (Lipinski definition) is 0. The minimum atomic E-state index is -0.669. The molecule has 6 heteroatoms. The van der Waals surface area contributed by atoms with Crippen LogP contribution in [-0.4, -0.2) is 30.2 Å². The number of ether oxygens (including phenoxy) is 1. The van der Waals surface area contributed by atoms with E-state index in [0.29, 0.717) is 11.3 Å². The summed E-state index contributed by atoms with van der Waals surface area (Å²) < 4.78 is 5.12. The molecule has 0 N–H and O–H groups in total.